The number of nitrogens with zero attached hydrogens (tertiary/aromatic N) is 5. The number of morpholine rings is 1. The molecule has 128 valence electrons. The van der Waals surface area contributed by atoms with Gasteiger partial charge in [-0.3, -0.25) is 4.98 Å². The lowest BCUT2D eigenvalue weighted by Gasteiger charge is -2.31. The number of aromatic nitrogens is 3. The highest BCUT2D eigenvalue weighted by Gasteiger charge is 2.22. The third-order valence-corrected chi connectivity index (χ3v) is 4.71. The van der Waals surface area contributed by atoms with Gasteiger partial charge in [-0.2, -0.15) is 4.98 Å². The largest absolute Gasteiger partial charge is 0.494 e. The van der Waals surface area contributed by atoms with E-state index in [9.17, 15) is 0 Å². The van der Waals surface area contributed by atoms with Gasteiger partial charge in [0, 0.05) is 26.2 Å². The number of hydrogen-bond acceptors (Lipinski definition) is 7. The minimum absolute atomic E-state index is 0.719. The van der Waals surface area contributed by atoms with Crippen LogP contribution < -0.4 is 14.5 Å². The molecule has 2 fully saturated rings. The summed E-state index contributed by atoms with van der Waals surface area (Å²) in [5.74, 6) is 2.48. The molecule has 0 bridgehead atoms. The van der Waals surface area contributed by atoms with Crippen molar-refractivity contribution in [2.45, 2.75) is 19.3 Å². The summed E-state index contributed by atoms with van der Waals surface area (Å²) >= 11 is 0. The van der Waals surface area contributed by atoms with Gasteiger partial charge in [0.2, 0.25) is 5.95 Å². The Hall–Kier alpha value is -2.15. The molecule has 2 saturated heterocycles. The topological polar surface area (TPSA) is 63.6 Å². The second kappa shape index (κ2) is 6.76. The molecule has 2 aliphatic heterocycles. The molecule has 24 heavy (non-hydrogen) atoms. The number of piperidine rings is 1. The molecule has 7 nitrogen and oxygen atoms in total. The van der Waals surface area contributed by atoms with Crippen LogP contribution >= 0.6 is 0 Å². The number of fused-ring (bicyclic) bond motifs is 1. The van der Waals surface area contributed by atoms with E-state index in [0.29, 0.717) is 0 Å². The lowest BCUT2D eigenvalue weighted by molar-refractivity contribution is 0.122. The number of ether oxygens (including phenoxy) is 2. The number of anilines is 2. The van der Waals surface area contributed by atoms with Crippen molar-refractivity contribution >= 4 is 22.7 Å². The van der Waals surface area contributed by atoms with Gasteiger partial charge in [-0.05, 0) is 19.3 Å². The second-order valence-electron chi connectivity index (χ2n) is 6.23. The van der Waals surface area contributed by atoms with Crippen LogP contribution in [0.2, 0.25) is 0 Å². The van der Waals surface area contributed by atoms with Gasteiger partial charge < -0.3 is 19.3 Å². The molecule has 2 aromatic heterocycles. The zero-order chi connectivity index (χ0) is 16.4. The molecule has 4 rings (SSSR count). The Morgan fingerprint density at radius 1 is 0.958 bits per heavy atom. The number of pyridine rings is 1. The fourth-order valence-corrected chi connectivity index (χ4v) is 3.42. The molecule has 0 aromatic carbocycles. The lowest BCUT2D eigenvalue weighted by atomic mass is 10.1. The first-order valence-corrected chi connectivity index (χ1v) is 8.64. The molecule has 0 unspecified atom stereocenters. The summed E-state index contributed by atoms with van der Waals surface area (Å²) in [7, 11) is 1.67. The summed E-state index contributed by atoms with van der Waals surface area (Å²) in [6.07, 6.45) is 7.23. The quantitative estimate of drug-likeness (QED) is 0.851. The fourth-order valence-electron chi connectivity index (χ4n) is 3.42. The highest BCUT2D eigenvalue weighted by molar-refractivity contribution is 5.95. The van der Waals surface area contributed by atoms with Crippen LogP contribution in [-0.2, 0) is 4.74 Å². The van der Waals surface area contributed by atoms with Crippen LogP contribution in [0.25, 0.3) is 10.9 Å². The van der Waals surface area contributed by atoms with Crippen LogP contribution in [0.1, 0.15) is 19.3 Å². The molecule has 0 N–H and O–H groups in total. The van der Waals surface area contributed by atoms with Crippen LogP contribution in [0, 0.1) is 0 Å². The maximum Gasteiger partial charge on any atom is 0.228 e. The lowest BCUT2D eigenvalue weighted by Crippen LogP contribution is -2.38. The van der Waals surface area contributed by atoms with Crippen molar-refractivity contribution in [1.82, 2.24) is 15.0 Å². The van der Waals surface area contributed by atoms with E-state index in [-0.39, 0.29) is 0 Å². The predicted octanol–water partition coefficient (Wildman–Crippen LogP) is 1.86. The van der Waals surface area contributed by atoms with Crippen molar-refractivity contribution in [2.75, 3.05) is 56.3 Å². The molecule has 7 heteroatoms. The first-order valence-electron chi connectivity index (χ1n) is 8.64. The Morgan fingerprint density at radius 3 is 2.50 bits per heavy atom. The van der Waals surface area contributed by atoms with Gasteiger partial charge >= 0.3 is 0 Å². The average Bonchev–Trinajstić information content (AvgIpc) is 2.68. The van der Waals surface area contributed by atoms with E-state index in [1.54, 1.807) is 19.5 Å². The maximum atomic E-state index is 5.54. The molecule has 0 atom stereocenters. The average molecular weight is 329 g/mol. The molecule has 4 heterocycles. The van der Waals surface area contributed by atoms with Crippen molar-refractivity contribution in [3.63, 3.8) is 0 Å². The highest BCUT2D eigenvalue weighted by Crippen LogP contribution is 2.34. The smallest absolute Gasteiger partial charge is 0.228 e. The summed E-state index contributed by atoms with van der Waals surface area (Å²) < 4.78 is 11.0. The maximum absolute atomic E-state index is 5.54. The molecule has 2 aromatic rings. The molecular weight excluding hydrogens is 306 g/mol. The van der Waals surface area contributed by atoms with Gasteiger partial charge in [0.1, 0.15) is 17.1 Å². The van der Waals surface area contributed by atoms with Gasteiger partial charge in [-0.15, -0.1) is 0 Å². The van der Waals surface area contributed by atoms with Gasteiger partial charge in [0.05, 0.1) is 38.1 Å². The third kappa shape index (κ3) is 2.84. The monoisotopic (exact) mass is 329 g/mol. The summed E-state index contributed by atoms with van der Waals surface area (Å²) in [5.41, 5.74) is 0.839. The van der Waals surface area contributed by atoms with Gasteiger partial charge in [0.15, 0.2) is 0 Å². The Balaban J connectivity index is 1.84. The number of methoxy groups -OCH3 is 1. The standard InChI is InChI=1S/C17H23N5O2/c1-23-14-12-18-11-13-15(14)16(21-5-3-2-4-6-21)20-17(19-13)22-7-9-24-10-8-22/h11-12H,2-10H2,1H3. The molecule has 0 amide bonds. The Morgan fingerprint density at radius 2 is 1.75 bits per heavy atom. The van der Waals surface area contributed by atoms with E-state index < -0.39 is 0 Å². The van der Waals surface area contributed by atoms with Gasteiger partial charge in [-0.25, -0.2) is 4.98 Å². The second-order valence-corrected chi connectivity index (χ2v) is 6.23. The van der Waals surface area contributed by atoms with Crippen LogP contribution in [-0.4, -0.2) is 61.5 Å². The molecule has 0 spiro atoms. The van der Waals surface area contributed by atoms with E-state index in [2.05, 4.69) is 14.8 Å². The van der Waals surface area contributed by atoms with Crippen molar-refractivity contribution in [2.24, 2.45) is 0 Å². The van der Waals surface area contributed by atoms with Crippen LogP contribution in [0.15, 0.2) is 12.4 Å². The van der Waals surface area contributed by atoms with Crippen molar-refractivity contribution < 1.29 is 9.47 Å². The third-order valence-electron chi connectivity index (χ3n) is 4.71. The first-order chi connectivity index (χ1) is 11.9. The summed E-state index contributed by atoms with van der Waals surface area (Å²) in [6, 6.07) is 0. The van der Waals surface area contributed by atoms with E-state index in [1.165, 1.54) is 19.3 Å². The van der Waals surface area contributed by atoms with E-state index in [0.717, 1.165) is 67.8 Å². The highest BCUT2D eigenvalue weighted by atomic mass is 16.5. The summed E-state index contributed by atoms with van der Waals surface area (Å²) in [4.78, 5) is 18.5. The molecule has 0 saturated carbocycles. The molecule has 0 radical (unpaired) electrons. The van der Waals surface area contributed by atoms with Crippen LogP contribution in [0.3, 0.4) is 0 Å². The Kier molecular flexibility index (Phi) is 4.34. The molecule has 0 aliphatic carbocycles. The summed E-state index contributed by atoms with van der Waals surface area (Å²) in [6.45, 7) is 5.14. The van der Waals surface area contributed by atoms with Crippen molar-refractivity contribution in [3.8, 4) is 5.75 Å². The summed E-state index contributed by atoms with van der Waals surface area (Å²) in [5, 5.41) is 0.964. The number of hydrogen-bond donors (Lipinski definition) is 0. The Labute approximate surface area is 141 Å². The molecular formula is C17H23N5O2. The van der Waals surface area contributed by atoms with Crippen molar-refractivity contribution in [3.05, 3.63) is 12.4 Å². The van der Waals surface area contributed by atoms with Crippen molar-refractivity contribution in [1.29, 1.82) is 0 Å². The van der Waals surface area contributed by atoms with E-state index >= 15 is 0 Å². The first kappa shape index (κ1) is 15.4. The minimum Gasteiger partial charge on any atom is -0.494 e. The van der Waals surface area contributed by atoms with Gasteiger partial charge in [-0.1, -0.05) is 0 Å². The normalized spacial score (nSPS) is 18.9. The van der Waals surface area contributed by atoms with E-state index in [4.69, 9.17) is 19.4 Å². The fraction of sp³-hybridized carbons (Fsp3) is 0.588. The zero-order valence-corrected chi connectivity index (χ0v) is 14.1. The van der Waals surface area contributed by atoms with Crippen LogP contribution in [0.5, 0.6) is 5.75 Å². The Bertz CT molecular complexity index is 711. The molecule has 2 aliphatic rings. The number of rotatable bonds is 3. The SMILES string of the molecule is COc1cncc2nc(N3CCOCC3)nc(N3CCCCC3)c12. The zero-order valence-electron chi connectivity index (χ0n) is 14.1. The predicted molar refractivity (Wildman–Crippen MR) is 93.0 cm³/mol. The van der Waals surface area contributed by atoms with Crippen LogP contribution in [0.4, 0.5) is 11.8 Å². The minimum atomic E-state index is 0.719. The van der Waals surface area contributed by atoms with E-state index in [1.807, 2.05) is 0 Å². The van der Waals surface area contributed by atoms with Gasteiger partial charge in [0.25, 0.3) is 0 Å².